The number of benzene rings is 2. The van der Waals surface area contributed by atoms with Gasteiger partial charge in [0.1, 0.15) is 0 Å². The molecule has 0 atom stereocenters. The van der Waals surface area contributed by atoms with Gasteiger partial charge in [0.2, 0.25) is 0 Å². The minimum absolute atomic E-state index is 0.197. The molecule has 0 saturated heterocycles. The molecular weight excluding hydrogens is 256 g/mol. The van der Waals surface area contributed by atoms with E-state index >= 15 is 0 Å². The molecule has 0 spiro atoms. The van der Waals surface area contributed by atoms with Crippen LogP contribution in [0.2, 0.25) is 0 Å². The highest BCUT2D eigenvalue weighted by Gasteiger charge is 2.16. The van der Waals surface area contributed by atoms with E-state index in [1.165, 1.54) is 7.11 Å². The normalized spacial score (nSPS) is 10.8. The molecule has 0 bridgehead atoms. The maximum absolute atomic E-state index is 12.5. The van der Waals surface area contributed by atoms with Gasteiger partial charge in [-0.05, 0) is 24.3 Å². The first-order chi connectivity index (χ1) is 9.63. The first-order valence-corrected chi connectivity index (χ1v) is 6.05. The molecule has 0 aliphatic heterocycles. The van der Waals surface area contributed by atoms with Gasteiger partial charge in [-0.1, -0.05) is 12.1 Å². The fourth-order valence-electron chi connectivity index (χ4n) is 2.33. The van der Waals surface area contributed by atoms with Gasteiger partial charge in [-0.3, -0.25) is 4.79 Å². The zero-order chi connectivity index (χ0) is 14.3. The summed E-state index contributed by atoms with van der Waals surface area (Å²) in [4.78, 5) is 27.4. The number of H-pyrrole nitrogens is 1. The number of hydrogen-bond acceptors (Lipinski definition) is 4. The second kappa shape index (κ2) is 4.38. The highest BCUT2D eigenvalue weighted by molar-refractivity contribution is 6.09. The summed E-state index contributed by atoms with van der Waals surface area (Å²) in [6.07, 6.45) is 0. The van der Waals surface area contributed by atoms with Gasteiger partial charge in [0.05, 0.1) is 23.6 Å². The third kappa shape index (κ3) is 1.64. The smallest absolute Gasteiger partial charge is 0.340 e. The average Bonchev–Trinajstić information content (AvgIpc) is 2.47. The highest BCUT2D eigenvalue weighted by atomic mass is 16.5. The Kier molecular flexibility index (Phi) is 2.68. The van der Waals surface area contributed by atoms with Crippen LogP contribution in [0, 0.1) is 0 Å². The number of carbonyl (C=O) groups excluding carboxylic acids is 1. The molecule has 0 unspecified atom stereocenters. The minimum atomic E-state index is -0.513. The zero-order valence-electron chi connectivity index (χ0n) is 10.8. The van der Waals surface area contributed by atoms with Crippen molar-refractivity contribution >= 4 is 33.5 Å². The molecule has 5 heteroatoms. The van der Waals surface area contributed by atoms with E-state index in [-0.39, 0.29) is 5.43 Å². The maximum Gasteiger partial charge on any atom is 0.340 e. The van der Waals surface area contributed by atoms with E-state index in [0.717, 1.165) is 0 Å². The van der Waals surface area contributed by atoms with Crippen molar-refractivity contribution in [1.29, 1.82) is 0 Å². The van der Waals surface area contributed by atoms with E-state index in [2.05, 4.69) is 4.98 Å². The molecule has 5 nitrogen and oxygen atoms in total. The summed E-state index contributed by atoms with van der Waals surface area (Å²) in [5.74, 6) is -0.513. The van der Waals surface area contributed by atoms with Crippen LogP contribution in [0.1, 0.15) is 10.4 Å². The van der Waals surface area contributed by atoms with E-state index in [1.54, 1.807) is 30.3 Å². The van der Waals surface area contributed by atoms with Crippen LogP contribution in [0.15, 0.2) is 41.2 Å². The number of ether oxygens (including phenoxy) is 1. The Labute approximate surface area is 114 Å². The number of aromatic amines is 1. The van der Waals surface area contributed by atoms with Crippen molar-refractivity contribution in [3.8, 4) is 0 Å². The number of fused-ring (bicyclic) bond motifs is 2. The number of nitrogen functional groups attached to an aromatic ring is 1. The molecule has 0 aliphatic rings. The first kappa shape index (κ1) is 12.2. The molecule has 0 amide bonds. The number of anilines is 1. The number of para-hydroxylation sites is 1. The van der Waals surface area contributed by atoms with Crippen LogP contribution in [0.3, 0.4) is 0 Å². The summed E-state index contributed by atoms with van der Waals surface area (Å²) in [5, 5.41) is 0.848. The van der Waals surface area contributed by atoms with Crippen LogP contribution in [-0.2, 0) is 4.74 Å². The maximum atomic E-state index is 12.5. The number of pyridine rings is 1. The molecule has 20 heavy (non-hydrogen) atoms. The van der Waals surface area contributed by atoms with Gasteiger partial charge in [0, 0.05) is 16.6 Å². The molecule has 0 radical (unpaired) electrons. The van der Waals surface area contributed by atoms with Crippen LogP contribution >= 0.6 is 0 Å². The van der Waals surface area contributed by atoms with Crippen LogP contribution in [0.4, 0.5) is 5.69 Å². The van der Waals surface area contributed by atoms with Crippen molar-refractivity contribution in [2.75, 3.05) is 12.8 Å². The fraction of sp³-hybridized carbons (Fsp3) is 0.0667. The molecule has 2 aromatic carbocycles. The summed E-state index contributed by atoms with van der Waals surface area (Å²) < 4.78 is 4.73. The number of methoxy groups -OCH3 is 1. The standard InChI is InChI=1S/C15H12N2O3/c1-20-15(19)9-6-7-10(16)12-13(9)17-11-5-3-2-4-8(11)14(12)18/h2-7H,16H2,1H3,(H,17,18). The predicted molar refractivity (Wildman–Crippen MR) is 77.8 cm³/mol. The average molecular weight is 268 g/mol. The van der Waals surface area contributed by atoms with E-state index in [0.29, 0.717) is 33.1 Å². The summed E-state index contributed by atoms with van der Waals surface area (Å²) in [5.41, 5.74) is 7.37. The van der Waals surface area contributed by atoms with Crippen LogP contribution < -0.4 is 11.2 Å². The second-order valence-corrected chi connectivity index (χ2v) is 4.44. The number of hydrogen-bond donors (Lipinski definition) is 2. The lowest BCUT2D eigenvalue weighted by molar-refractivity contribution is 0.0603. The van der Waals surface area contributed by atoms with Crippen molar-refractivity contribution in [1.82, 2.24) is 4.98 Å². The first-order valence-electron chi connectivity index (χ1n) is 6.05. The summed E-state index contributed by atoms with van der Waals surface area (Å²) in [7, 11) is 1.30. The van der Waals surface area contributed by atoms with Gasteiger partial charge in [-0.2, -0.15) is 0 Å². The number of rotatable bonds is 1. The summed E-state index contributed by atoms with van der Waals surface area (Å²) in [6, 6.07) is 10.2. The molecule has 3 rings (SSSR count). The predicted octanol–water partition coefficient (Wildman–Crippen LogP) is 2.05. The highest BCUT2D eigenvalue weighted by Crippen LogP contribution is 2.23. The van der Waals surface area contributed by atoms with E-state index in [4.69, 9.17) is 10.5 Å². The Morgan fingerprint density at radius 1 is 1.20 bits per heavy atom. The van der Waals surface area contributed by atoms with Gasteiger partial charge >= 0.3 is 5.97 Å². The molecule has 3 N–H and O–H groups in total. The molecule has 0 saturated carbocycles. The van der Waals surface area contributed by atoms with Crippen LogP contribution in [-0.4, -0.2) is 18.1 Å². The zero-order valence-corrected chi connectivity index (χ0v) is 10.8. The number of nitrogens with two attached hydrogens (primary N) is 1. The fourth-order valence-corrected chi connectivity index (χ4v) is 2.33. The molecule has 0 aliphatic carbocycles. The monoisotopic (exact) mass is 268 g/mol. The van der Waals surface area contributed by atoms with Crippen molar-refractivity contribution in [3.63, 3.8) is 0 Å². The lowest BCUT2D eigenvalue weighted by Gasteiger charge is -2.08. The van der Waals surface area contributed by atoms with Gasteiger partial charge in [0.15, 0.2) is 5.43 Å². The van der Waals surface area contributed by atoms with Crippen molar-refractivity contribution < 1.29 is 9.53 Å². The Bertz CT molecular complexity index is 897. The van der Waals surface area contributed by atoms with Gasteiger partial charge < -0.3 is 15.5 Å². The van der Waals surface area contributed by atoms with Crippen molar-refractivity contribution in [2.24, 2.45) is 0 Å². The third-order valence-corrected chi connectivity index (χ3v) is 3.30. The Hall–Kier alpha value is -2.82. The summed E-state index contributed by atoms with van der Waals surface area (Å²) >= 11 is 0. The lowest BCUT2D eigenvalue weighted by atomic mass is 10.0. The number of aromatic nitrogens is 1. The van der Waals surface area contributed by atoms with Gasteiger partial charge in [-0.15, -0.1) is 0 Å². The molecule has 3 aromatic rings. The Morgan fingerprint density at radius 3 is 2.70 bits per heavy atom. The molecular formula is C15H12N2O3. The van der Waals surface area contributed by atoms with E-state index in [9.17, 15) is 9.59 Å². The van der Waals surface area contributed by atoms with Crippen LogP contribution in [0.25, 0.3) is 21.8 Å². The molecule has 1 heterocycles. The van der Waals surface area contributed by atoms with Gasteiger partial charge in [0.25, 0.3) is 0 Å². The SMILES string of the molecule is COC(=O)c1ccc(N)c2c(=O)c3ccccc3[nH]c12. The second-order valence-electron chi connectivity index (χ2n) is 4.44. The Balaban J connectivity index is 2.56. The largest absolute Gasteiger partial charge is 0.465 e. The molecule has 1 aromatic heterocycles. The van der Waals surface area contributed by atoms with Crippen molar-refractivity contribution in [3.05, 3.63) is 52.2 Å². The quantitative estimate of drug-likeness (QED) is 0.402. The summed E-state index contributed by atoms with van der Waals surface area (Å²) in [6.45, 7) is 0. The Morgan fingerprint density at radius 2 is 1.95 bits per heavy atom. The van der Waals surface area contributed by atoms with Crippen molar-refractivity contribution in [2.45, 2.75) is 0 Å². The molecule has 100 valence electrons. The number of esters is 1. The minimum Gasteiger partial charge on any atom is -0.465 e. The number of nitrogens with one attached hydrogen (secondary N) is 1. The van der Waals surface area contributed by atoms with E-state index < -0.39 is 5.97 Å². The van der Waals surface area contributed by atoms with Gasteiger partial charge in [-0.25, -0.2) is 4.79 Å². The molecule has 0 fully saturated rings. The van der Waals surface area contributed by atoms with E-state index in [1.807, 2.05) is 6.07 Å². The number of carbonyl (C=O) groups is 1. The lowest BCUT2D eigenvalue weighted by Crippen LogP contribution is -2.11. The topological polar surface area (TPSA) is 85.2 Å². The third-order valence-electron chi connectivity index (χ3n) is 3.30. The van der Waals surface area contributed by atoms with Crippen LogP contribution in [0.5, 0.6) is 0 Å².